The number of hydrogen-bond donors (Lipinski definition) is 5. The summed E-state index contributed by atoms with van der Waals surface area (Å²) >= 11 is 0. The van der Waals surface area contributed by atoms with Crippen molar-refractivity contribution < 1.29 is 19.0 Å². The molecular formula is C23H27FN6O3. The molecule has 1 aromatic heterocycles. The lowest BCUT2D eigenvalue weighted by Crippen LogP contribution is -2.45. The molecule has 0 fully saturated rings. The Labute approximate surface area is 191 Å². The molecule has 0 radical (unpaired) electrons. The Kier molecular flexibility index (Phi) is 8.11. The van der Waals surface area contributed by atoms with E-state index in [1.165, 1.54) is 24.1 Å². The number of methoxy groups -OCH3 is 1. The zero-order valence-corrected chi connectivity index (χ0v) is 18.4. The van der Waals surface area contributed by atoms with Gasteiger partial charge in [0.15, 0.2) is 0 Å². The SMILES string of the molecule is COc1cc(F)cc(CN(C(=N)CNC(C)CO)C(=O)Nc2ccc(-c3cn[nH]c3)cc2)c1. The van der Waals surface area contributed by atoms with Crippen LogP contribution in [0.2, 0.25) is 0 Å². The molecule has 1 heterocycles. The van der Waals surface area contributed by atoms with E-state index in [1.807, 2.05) is 12.1 Å². The van der Waals surface area contributed by atoms with E-state index in [2.05, 4.69) is 20.8 Å². The van der Waals surface area contributed by atoms with E-state index in [1.54, 1.807) is 37.5 Å². The van der Waals surface area contributed by atoms with E-state index in [-0.39, 0.29) is 31.6 Å². The third-order valence-electron chi connectivity index (χ3n) is 4.94. The fraction of sp³-hybridized carbons (Fsp3) is 0.261. The van der Waals surface area contributed by atoms with Crippen LogP contribution < -0.4 is 15.4 Å². The number of urea groups is 1. The number of halogens is 1. The van der Waals surface area contributed by atoms with Gasteiger partial charge in [-0.25, -0.2) is 9.18 Å². The molecule has 2 aromatic carbocycles. The van der Waals surface area contributed by atoms with E-state index >= 15 is 0 Å². The number of H-pyrrole nitrogens is 1. The molecule has 5 N–H and O–H groups in total. The fourth-order valence-electron chi connectivity index (χ4n) is 3.08. The average molecular weight is 455 g/mol. The van der Waals surface area contributed by atoms with Gasteiger partial charge in [-0.1, -0.05) is 12.1 Å². The van der Waals surface area contributed by atoms with E-state index < -0.39 is 11.8 Å². The number of aromatic nitrogens is 2. The molecule has 0 aliphatic carbocycles. The van der Waals surface area contributed by atoms with E-state index in [4.69, 9.17) is 10.1 Å². The number of anilines is 1. The first-order valence-corrected chi connectivity index (χ1v) is 10.3. The second-order valence-electron chi connectivity index (χ2n) is 7.49. The Morgan fingerprint density at radius 2 is 2.03 bits per heavy atom. The number of carbonyl (C=O) groups excluding carboxylic acids is 1. The normalized spacial score (nSPS) is 11.6. The zero-order chi connectivity index (χ0) is 23.8. The molecule has 2 amide bonds. The number of aliphatic hydroxyl groups excluding tert-OH is 1. The number of amidine groups is 1. The summed E-state index contributed by atoms with van der Waals surface area (Å²) in [6.07, 6.45) is 3.47. The number of rotatable bonds is 9. The van der Waals surface area contributed by atoms with Crippen LogP contribution in [0.1, 0.15) is 12.5 Å². The van der Waals surface area contributed by atoms with Crippen LogP contribution in [-0.2, 0) is 6.54 Å². The van der Waals surface area contributed by atoms with Crippen LogP contribution in [0.4, 0.5) is 14.9 Å². The molecule has 174 valence electrons. The summed E-state index contributed by atoms with van der Waals surface area (Å²) in [5.41, 5.74) is 2.86. The number of carbonyl (C=O) groups is 1. The lowest BCUT2D eigenvalue weighted by atomic mass is 10.1. The Bertz CT molecular complexity index is 1070. The van der Waals surface area contributed by atoms with Crippen LogP contribution in [0.3, 0.4) is 0 Å². The minimum absolute atomic E-state index is 0.0361. The summed E-state index contributed by atoms with van der Waals surface area (Å²) in [7, 11) is 1.43. The molecule has 0 spiro atoms. The highest BCUT2D eigenvalue weighted by Gasteiger charge is 2.20. The van der Waals surface area contributed by atoms with Gasteiger partial charge in [-0.2, -0.15) is 5.10 Å². The molecule has 1 unspecified atom stereocenters. The van der Waals surface area contributed by atoms with Gasteiger partial charge in [0.05, 0.1) is 33.0 Å². The minimum atomic E-state index is -0.544. The van der Waals surface area contributed by atoms with Crippen molar-refractivity contribution in [2.45, 2.75) is 19.5 Å². The van der Waals surface area contributed by atoms with Crippen LogP contribution in [0, 0.1) is 11.2 Å². The number of hydrogen-bond acceptors (Lipinski definition) is 6. The standard InChI is InChI=1S/C23H27FN6O3/c1-15(14-31)26-12-22(25)30(13-16-7-19(24)9-21(8-16)33-2)23(32)29-20-5-3-17(4-6-20)18-10-27-28-11-18/h3-11,15,25-26,31H,12-14H2,1-2H3,(H,27,28)(H,29,32). The Morgan fingerprint density at radius 3 is 2.67 bits per heavy atom. The van der Waals surface area contributed by atoms with Gasteiger partial charge in [-0.05, 0) is 42.3 Å². The van der Waals surface area contributed by atoms with Crippen molar-refractivity contribution in [1.29, 1.82) is 5.41 Å². The molecule has 0 saturated heterocycles. The summed E-state index contributed by atoms with van der Waals surface area (Å²) in [4.78, 5) is 14.3. The maximum Gasteiger partial charge on any atom is 0.327 e. The molecular weight excluding hydrogens is 427 g/mol. The summed E-state index contributed by atoms with van der Waals surface area (Å²) in [5, 5.41) is 30.1. The second kappa shape index (κ2) is 11.2. The van der Waals surface area contributed by atoms with Crippen molar-refractivity contribution in [2.75, 3.05) is 25.6 Å². The largest absolute Gasteiger partial charge is 0.497 e. The molecule has 33 heavy (non-hydrogen) atoms. The fourth-order valence-corrected chi connectivity index (χ4v) is 3.08. The summed E-state index contributed by atoms with van der Waals surface area (Å²) in [6.45, 7) is 1.66. The molecule has 3 aromatic rings. The summed E-state index contributed by atoms with van der Waals surface area (Å²) < 4.78 is 19.1. The number of nitrogens with zero attached hydrogens (tertiary/aromatic N) is 2. The molecule has 0 aliphatic heterocycles. The van der Waals surface area contributed by atoms with Gasteiger partial charge in [0, 0.05) is 29.6 Å². The summed E-state index contributed by atoms with van der Waals surface area (Å²) in [6, 6.07) is 10.5. The van der Waals surface area contributed by atoms with Crippen molar-refractivity contribution in [3.05, 3.63) is 66.2 Å². The second-order valence-corrected chi connectivity index (χ2v) is 7.49. The monoisotopic (exact) mass is 454 g/mol. The van der Waals surface area contributed by atoms with Gasteiger partial charge in [0.1, 0.15) is 17.4 Å². The van der Waals surface area contributed by atoms with Gasteiger partial charge < -0.3 is 20.5 Å². The van der Waals surface area contributed by atoms with E-state index in [9.17, 15) is 14.3 Å². The first kappa shape index (κ1) is 23.9. The highest BCUT2D eigenvalue weighted by molar-refractivity contribution is 6.02. The van der Waals surface area contributed by atoms with Gasteiger partial charge in [0.25, 0.3) is 0 Å². The van der Waals surface area contributed by atoms with Gasteiger partial charge >= 0.3 is 6.03 Å². The van der Waals surface area contributed by atoms with Crippen molar-refractivity contribution in [2.24, 2.45) is 0 Å². The highest BCUT2D eigenvalue weighted by Crippen LogP contribution is 2.21. The van der Waals surface area contributed by atoms with Gasteiger partial charge in [-0.3, -0.25) is 15.4 Å². The molecule has 0 aliphatic rings. The molecule has 10 heteroatoms. The molecule has 9 nitrogen and oxygen atoms in total. The van der Waals surface area contributed by atoms with Crippen LogP contribution in [0.15, 0.2) is 54.9 Å². The number of aliphatic hydroxyl groups is 1. The first-order valence-electron chi connectivity index (χ1n) is 10.3. The number of nitrogens with one attached hydrogen (secondary N) is 4. The third kappa shape index (κ3) is 6.61. The van der Waals surface area contributed by atoms with Crippen molar-refractivity contribution in [1.82, 2.24) is 20.4 Å². The minimum Gasteiger partial charge on any atom is -0.497 e. The lowest BCUT2D eigenvalue weighted by Gasteiger charge is -2.25. The lowest BCUT2D eigenvalue weighted by molar-refractivity contribution is 0.230. The van der Waals surface area contributed by atoms with Crippen molar-refractivity contribution in [3.63, 3.8) is 0 Å². The number of ether oxygens (including phenoxy) is 1. The molecule has 0 bridgehead atoms. The van der Waals surface area contributed by atoms with Crippen LogP contribution >= 0.6 is 0 Å². The quantitative estimate of drug-likeness (QED) is 0.251. The number of benzene rings is 2. The number of amides is 2. The van der Waals surface area contributed by atoms with Crippen LogP contribution in [0.25, 0.3) is 11.1 Å². The maximum atomic E-state index is 14.0. The van der Waals surface area contributed by atoms with Crippen molar-refractivity contribution in [3.8, 4) is 16.9 Å². The predicted octanol–water partition coefficient (Wildman–Crippen LogP) is 3.21. The number of aromatic amines is 1. The van der Waals surface area contributed by atoms with Crippen molar-refractivity contribution >= 4 is 17.6 Å². The van der Waals surface area contributed by atoms with Gasteiger partial charge in [0.2, 0.25) is 0 Å². The Morgan fingerprint density at radius 1 is 1.27 bits per heavy atom. The third-order valence-corrected chi connectivity index (χ3v) is 4.94. The predicted molar refractivity (Wildman–Crippen MR) is 124 cm³/mol. The zero-order valence-electron chi connectivity index (χ0n) is 18.4. The Balaban J connectivity index is 1.77. The maximum absolute atomic E-state index is 14.0. The highest BCUT2D eigenvalue weighted by atomic mass is 19.1. The first-order chi connectivity index (χ1) is 15.9. The molecule has 0 saturated carbocycles. The van der Waals surface area contributed by atoms with Crippen LogP contribution in [-0.4, -0.2) is 58.4 Å². The van der Waals surface area contributed by atoms with E-state index in [0.29, 0.717) is 17.0 Å². The van der Waals surface area contributed by atoms with E-state index in [0.717, 1.165) is 11.1 Å². The molecule has 3 rings (SSSR count). The summed E-state index contributed by atoms with van der Waals surface area (Å²) in [5.74, 6) is -0.220. The topological polar surface area (TPSA) is 126 Å². The smallest absolute Gasteiger partial charge is 0.327 e. The van der Waals surface area contributed by atoms with Crippen LogP contribution in [0.5, 0.6) is 5.75 Å². The molecule has 1 atom stereocenters. The van der Waals surface area contributed by atoms with Gasteiger partial charge in [-0.15, -0.1) is 0 Å². The average Bonchev–Trinajstić information content (AvgIpc) is 3.35. The Hall–Kier alpha value is -3.76.